The largest absolute Gasteiger partial charge is 0.419 e. The molecule has 0 radical (unpaired) electrons. The van der Waals surface area contributed by atoms with Crippen molar-refractivity contribution >= 4 is 5.91 Å². The summed E-state index contributed by atoms with van der Waals surface area (Å²) < 4.78 is 61.5. The number of nitrogens with zero attached hydrogens (tertiary/aromatic N) is 3. The highest BCUT2D eigenvalue weighted by molar-refractivity contribution is 5.95. The maximum Gasteiger partial charge on any atom is 0.419 e. The Morgan fingerprint density at radius 3 is 2.56 bits per heavy atom. The Morgan fingerprint density at radius 2 is 1.96 bits per heavy atom. The van der Waals surface area contributed by atoms with Gasteiger partial charge in [-0.1, -0.05) is 6.07 Å². The van der Waals surface area contributed by atoms with Gasteiger partial charge < -0.3 is 4.74 Å². The quantitative estimate of drug-likeness (QED) is 0.738. The van der Waals surface area contributed by atoms with Crippen molar-refractivity contribution in [3.05, 3.63) is 52.4 Å². The molecule has 5 nitrogen and oxygen atoms in total. The summed E-state index contributed by atoms with van der Waals surface area (Å²) in [7, 11) is 1.75. The zero-order valence-electron chi connectivity index (χ0n) is 15.5. The van der Waals surface area contributed by atoms with Crippen LogP contribution in [-0.4, -0.2) is 28.0 Å². The maximum absolute atomic E-state index is 14.2. The third-order valence-corrected chi connectivity index (χ3v) is 3.98. The topological polar surface area (TPSA) is 48.5 Å². The van der Waals surface area contributed by atoms with Crippen molar-refractivity contribution in [2.75, 3.05) is 6.61 Å². The van der Waals surface area contributed by atoms with Gasteiger partial charge in [0.1, 0.15) is 5.82 Å². The molecule has 148 valence electrons. The number of amides is 1. The fourth-order valence-electron chi connectivity index (χ4n) is 2.51. The van der Waals surface area contributed by atoms with Crippen LogP contribution in [0.4, 0.5) is 17.6 Å². The van der Waals surface area contributed by atoms with Crippen molar-refractivity contribution in [1.82, 2.24) is 9.36 Å². The van der Waals surface area contributed by atoms with Crippen LogP contribution in [-0.2, 0) is 24.5 Å². The van der Waals surface area contributed by atoms with E-state index >= 15 is 0 Å². The SMILES string of the molecule is Cc1cc(=NC(=O)c2cccc(C(F)(F)F)c2F)n(CCOC(C)C)n1C. The van der Waals surface area contributed by atoms with Gasteiger partial charge in [0, 0.05) is 18.8 Å². The number of halogens is 4. The lowest BCUT2D eigenvalue weighted by atomic mass is 10.1. The number of carbonyl (C=O) groups is 1. The van der Waals surface area contributed by atoms with Crippen molar-refractivity contribution < 1.29 is 27.1 Å². The molecule has 0 unspecified atom stereocenters. The van der Waals surface area contributed by atoms with Gasteiger partial charge >= 0.3 is 6.18 Å². The summed E-state index contributed by atoms with van der Waals surface area (Å²) in [5.74, 6) is -2.70. The highest BCUT2D eigenvalue weighted by atomic mass is 19.4. The summed E-state index contributed by atoms with van der Waals surface area (Å²) >= 11 is 0. The number of alkyl halides is 3. The van der Waals surface area contributed by atoms with Gasteiger partial charge in [-0.05, 0) is 32.9 Å². The van der Waals surface area contributed by atoms with E-state index in [4.69, 9.17) is 4.74 Å². The van der Waals surface area contributed by atoms with Gasteiger partial charge in [-0.3, -0.25) is 14.2 Å². The van der Waals surface area contributed by atoms with Crippen molar-refractivity contribution in [2.24, 2.45) is 12.0 Å². The lowest BCUT2D eigenvalue weighted by Crippen LogP contribution is -2.27. The molecule has 1 heterocycles. The van der Waals surface area contributed by atoms with Crippen molar-refractivity contribution in [3.63, 3.8) is 0 Å². The zero-order chi connectivity index (χ0) is 20.4. The molecule has 0 spiro atoms. The summed E-state index contributed by atoms with van der Waals surface area (Å²) in [6, 6.07) is 4.15. The first-order valence-corrected chi connectivity index (χ1v) is 8.32. The molecule has 1 amide bonds. The molecular formula is C18H21F4N3O2. The molecule has 9 heteroatoms. The van der Waals surface area contributed by atoms with Crippen LogP contribution < -0.4 is 5.49 Å². The van der Waals surface area contributed by atoms with Gasteiger partial charge in [0.2, 0.25) is 0 Å². The minimum absolute atomic E-state index is 0.0215. The number of hydrogen-bond donors (Lipinski definition) is 0. The molecule has 1 aromatic carbocycles. The van der Waals surface area contributed by atoms with E-state index in [1.807, 2.05) is 13.8 Å². The number of carbonyl (C=O) groups excluding carboxylic acids is 1. The summed E-state index contributed by atoms with van der Waals surface area (Å²) in [4.78, 5) is 16.2. The minimum Gasteiger partial charge on any atom is -0.377 e. The number of aryl methyl sites for hydroxylation is 1. The first kappa shape index (κ1) is 20.9. The van der Waals surface area contributed by atoms with Crippen LogP contribution in [0.15, 0.2) is 29.3 Å². The maximum atomic E-state index is 14.2. The molecule has 0 aliphatic heterocycles. The van der Waals surface area contributed by atoms with Crippen molar-refractivity contribution in [2.45, 2.75) is 39.6 Å². The van der Waals surface area contributed by atoms with Crippen LogP contribution in [0.3, 0.4) is 0 Å². The monoisotopic (exact) mass is 387 g/mol. The van der Waals surface area contributed by atoms with Crippen LogP contribution in [0, 0.1) is 12.7 Å². The zero-order valence-corrected chi connectivity index (χ0v) is 15.5. The molecule has 0 saturated heterocycles. The van der Waals surface area contributed by atoms with E-state index in [0.29, 0.717) is 19.2 Å². The Bertz CT molecular complexity index is 895. The molecular weight excluding hydrogens is 366 g/mol. The second-order valence-electron chi connectivity index (χ2n) is 6.29. The number of benzene rings is 1. The highest BCUT2D eigenvalue weighted by Crippen LogP contribution is 2.32. The van der Waals surface area contributed by atoms with Gasteiger partial charge in [-0.2, -0.15) is 18.2 Å². The average Bonchev–Trinajstić information content (AvgIpc) is 2.81. The molecule has 0 bridgehead atoms. The molecule has 0 aliphatic rings. The minimum atomic E-state index is -4.89. The van der Waals surface area contributed by atoms with E-state index in [2.05, 4.69) is 4.99 Å². The molecule has 0 atom stereocenters. The second kappa shape index (κ2) is 8.08. The summed E-state index contributed by atoms with van der Waals surface area (Å²) in [5.41, 5.74) is -1.23. The number of ether oxygens (including phenoxy) is 1. The van der Waals surface area contributed by atoms with Crippen LogP contribution >= 0.6 is 0 Å². The molecule has 2 rings (SSSR count). The fourth-order valence-corrected chi connectivity index (χ4v) is 2.51. The lowest BCUT2D eigenvalue weighted by molar-refractivity contribution is -0.140. The van der Waals surface area contributed by atoms with E-state index in [-0.39, 0.29) is 11.6 Å². The number of hydrogen-bond acceptors (Lipinski definition) is 2. The first-order valence-electron chi connectivity index (χ1n) is 8.32. The fraction of sp³-hybridized carbons (Fsp3) is 0.444. The predicted octanol–water partition coefficient (Wildman–Crippen LogP) is 3.46. The second-order valence-corrected chi connectivity index (χ2v) is 6.29. The number of rotatable bonds is 5. The lowest BCUT2D eigenvalue weighted by Gasteiger charge is -2.12. The normalized spacial score (nSPS) is 12.9. The first-order chi connectivity index (χ1) is 12.5. The van der Waals surface area contributed by atoms with Crippen LogP contribution in [0.2, 0.25) is 0 Å². The van der Waals surface area contributed by atoms with E-state index in [1.165, 1.54) is 0 Å². The van der Waals surface area contributed by atoms with Gasteiger partial charge in [0.15, 0.2) is 5.49 Å². The van der Waals surface area contributed by atoms with Crippen LogP contribution in [0.25, 0.3) is 0 Å². The Kier molecular flexibility index (Phi) is 6.25. The van der Waals surface area contributed by atoms with Gasteiger partial charge in [-0.15, -0.1) is 0 Å². The van der Waals surface area contributed by atoms with Crippen molar-refractivity contribution in [3.8, 4) is 0 Å². The van der Waals surface area contributed by atoms with E-state index in [1.54, 1.807) is 29.4 Å². The molecule has 27 heavy (non-hydrogen) atoms. The molecule has 0 fully saturated rings. The van der Waals surface area contributed by atoms with Gasteiger partial charge in [-0.25, -0.2) is 4.39 Å². The Morgan fingerprint density at radius 1 is 1.30 bits per heavy atom. The third-order valence-electron chi connectivity index (χ3n) is 3.98. The smallest absolute Gasteiger partial charge is 0.377 e. The Labute approximate surface area is 153 Å². The van der Waals surface area contributed by atoms with Crippen LogP contribution in [0.5, 0.6) is 0 Å². The molecule has 2 aromatic rings. The molecule has 0 saturated carbocycles. The van der Waals surface area contributed by atoms with Gasteiger partial charge in [0.25, 0.3) is 5.91 Å². The Hall–Kier alpha value is -2.42. The summed E-state index contributed by atoms with van der Waals surface area (Å²) in [5, 5.41) is 0. The molecule has 0 N–H and O–H groups in total. The van der Waals surface area contributed by atoms with Gasteiger partial charge in [0.05, 0.1) is 30.4 Å². The summed E-state index contributed by atoms with van der Waals surface area (Å²) in [6.07, 6.45) is -4.87. The van der Waals surface area contributed by atoms with Crippen molar-refractivity contribution in [1.29, 1.82) is 0 Å². The molecule has 0 aliphatic carbocycles. The predicted molar refractivity (Wildman–Crippen MR) is 90.5 cm³/mol. The third kappa shape index (κ3) is 4.85. The molecule has 1 aromatic heterocycles. The van der Waals surface area contributed by atoms with E-state index < -0.39 is 29.0 Å². The summed E-state index contributed by atoms with van der Waals surface area (Å²) in [6.45, 7) is 6.28. The van der Waals surface area contributed by atoms with E-state index in [0.717, 1.165) is 17.8 Å². The highest BCUT2D eigenvalue weighted by Gasteiger charge is 2.35. The standard InChI is InChI=1S/C18H21F4N3O2/c1-11(2)27-9-8-25-15(10-12(3)24(25)4)23-17(26)13-6-5-7-14(16(13)19)18(20,21)22/h5-7,10-11H,8-9H2,1-4H3. The van der Waals surface area contributed by atoms with Crippen LogP contribution in [0.1, 0.15) is 35.5 Å². The average molecular weight is 387 g/mol. The number of aromatic nitrogens is 2. The Balaban J connectivity index is 2.42. The van der Waals surface area contributed by atoms with E-state index in [9.17, 15) is 22.4 Å².